The molecule has 4 nitrogen and oxygen atoms in total. The molecule has 1 aromatic heterocycles. The van der Waals surface area contributed by atoms with Crippen molar-refractivity contribution in [1.29, 1.82) is 0 Å². The van der Waals surface area contributed by atoms with E-state index in [1.165, 1.54) is 18.2 Å². The van der Waals surface area contributed by atoms with E-state index >= 15 is 0 Å². The Balaban J connectivity index is 1.45. The summed E-state index contributed by atoms with van der Waals surface area (Å²) < 4.78 is 42.1. The zero-order valence-corrected chi connectivity index (χ0v) is 18.3. The summed E-state index contributed by atoms with van der Waals surface area (Å²) >= 11 is 0. The number of carbonyl (C=O) groups is 1. The second-order valence-electron chi connectivity index (χ2n) is 9.29. The maximum atomic E-state index is 14.6. The lowest BCUT2D eigenvalue weighted by Gasteiger charge is -2.42. The molecule has 1 atom stereocenters. The molecular weight excluding hydrogens is 429 g/mol. The van der Waals surface area contributed by atoms with E-state index in [4.69, 9.17) is 0 Å². The van der Waals surface area contributed by atoms with Gasteiger partial charge in [-0.25, -0.2) is 13.2 Å². The number of piperidine rings is 1. The summed E-state index contributed by atoms with van der Waals surface area (Å²) in [5.74, 6) is -1.76. The van der Waals surface area contributed by atoms with Crippen LogP contribution in [-0.2, 0) is 4.79 Å². The van der Waals surface area contributed by atoms with Crippen molar-refractivity contribution >= 4 is 16.8 Å². The number of hydrogen-bond donors (Lipinski definition) is 2. The Bertz CT molecular complexity index is 1170. The number of aromatic nitrogens is 1. The van der Waals surface area contributed by atoms with Gasteiger partial charge in [-0.05, 0) is 85.9 Å². The molecule has 2 N–H and O–H groups in total. The number of rotatable bonds is 5. The van der Waals surface area contributed by atoms with E-state index in [0.29, 0.717) is 35.9 Å². The second kappa shape index (κ2) is 8.86. The fraction of sp³-hybridized carbons (Fsp3) is 0.423. The highest BCUT2D eigenvalue weighted by Crippen LogP contribution is 2.49. The molecule has 1 amide bonds. The minimum atomic E-state index is -0.674. The lowest BCUT2D eigenvalue weighted by atomic mass is 9.69. The number of hydrogen-bond acceptors (Lipinski definition) is 2. The van der Waals surface area contributed by atoms with E-state index in [9.17, 15) is 23.1 Å². The van der Waals surface area contributed by atoms with E-state index in [0.717, 1.165) is 37.4 Å². The SMILES string of the molecule is O=C([C@H]1C[C@H](c2c(-c3ccc(F)cc3)[nH]c3c(F)cc(F)cc32)C1)N1CCCC[C@@H]1CCO. The average Bonchev–Trinajstić information content (AvgIpc) is 3.13. The lowest BCUT2D eigenvalue weighted by Crippen LogP contribution is -2.49. The summed E-state index contributed by atoms with van der Waals surface area (Å²) in [6.07, 6.45) is 4.74. The lowest BCUT2D eigenvalue weighted by molar-refractivity contribution is -0.143. The van der Waals surface area contributed by atoms with Gasteiger partial charge in [-0.3, -0.25) is 4.79 Å². The van der Waals surface area contributed by atoms with Gasteiger partial charge in [0.05, 0.1) is 11.2 Å². The third-order valence-electron chi connectivity index (χ3n) is 7.27. The van der Waals surface area contributed by atoms with Crippen molar-refractivity contribution in [3.8, 4) is 11.3 Å². The van der Waals surface area contributed by atoms with Crippen LogP contribution in [0.5, 0.6) is 0 Å². The number of aromatic amines is 1. The molecule has 2 aliphatic rings. The first kappa shape index (κ1) is 22.0. The smallest absolute Gasteiger partial charge is 0.225 e. The molecule has 5 rings (SSSR count). The topological polar surface area (TPSA) is 56.3 Å². The molecule has 1 aliphatic carbocycles. The second-order valence-corrected chi connectivity index (χ2v) is 9.29. The Kier molecular flexibility index (Phi) is 5.91. The van der Waals surface area contributed by atoms with Crippen molar-refractivity contribution in [2.75, 3.05) is 13.2 Å². The number of amides is 1. The fourth-order valence-electron chi connectivity index (χ4n) is 5.54. The van der Waals surface area contributed by atoms with Gasteiger partial charge in [-0.1, -0.05) is 0 Å². The number of aliphatic hydroxyl groups excluding tert-OH is 1. The van der Waals surface area contributed by atoms with Gasteiger partial charge < -0.3 is 15.0 Å². The first-order valence-corrected chi connectivity index (χ1v) is 11.6. The van der Waals surface area contributed by atoms with Crippen LogP contribution in [0.2, 0.25) is 0 Å². The standard InChI is InChI=1S/C26H27F3N2O2/c27-18-6-4-15(5-7-18)24-23(21-13-19(28)14-22(29)25(21)30-24)16-11-17(12-16)26(33)31-9-2-1-3-20(31)8-10-32/h4-7,13-14,16-17,20,30,32H,1-3,8-12H2/t16-,17-,20-/m1/s1. The number of H-pyrrole nitrogens is 1. The molecule has 2 aromatic carbocycles. The number of halogens is 3. The molecule has 0 radical (unpaired) electrons. The van der Waals surface area contributed by atoms with Gasteiger partial charge in [-0.2, -0.15) is 0 Å². The number of aliphatic hydroxyl groups is 1. The average molecular weight is 457 g/mol. The van der Waals surface area contributed by atoms with Gasteiger partial charge in [0.2, 0.25) is 5.91 Å². The van der Waals surface area contributed by atoms with Crippen molar-refractivity contribution in [2.45, 2.75) is 50.5 Å². The maximum absolute atomic E-state index is 14.6. The van der Waals surface area contributed by atoms with Crippen LogP contribution in [0.3, 0.4) is 0 Å². The summed E-state index contributed by atoms with van der Waals surface area (Å²) in [6.45, 7) is 0.782. The molecule has 0 unspecified atom stereocenters. The van der Waals surface area contributed by atoms with Crippen LogP contribution in [0.4, 0.5) is 13.2 Å². The molecule has 7 heteroatoms. The molecule has 2 fully saturated rings. The number of carbonyl (C=O) groups excluding carboxylic acids is 1. The summed E-state index contributed by atoms with van der Waals surface area (Å²) in [4.78, 5) is 18.2. The van der Waals surface area contributed by atoms with Crippen molar-refractivity contribution in [2.24, 2.45) is 5.92 Å². The van der Waals surface area contributed by atoms with Crippen LogP contribution < -0.4 is 0 Å². The molecule has 1 saturated carbocycles. The normalized spacial score (nSPS) is 23.0. The third kappa shape index (κ3) is 4.03. The van der Waals surface area contributed by atoms with Crippen molar-refractivity contribution in [1.82, 2.24) is 9.88 Å². The first-order chi connectivity index (χ1) is 16.0. The van der Waals surface area contributed by atoms with Crippen LogP contribution in [0.15, 0.2) is 36.4 Å². The molecule has 0 spiro atoms. The predicted molar refractivity (Wildman–Crippen MR) is 120 cm³/mol. The Hall–Kier alpha value is -2.80. The van der Waals surface area contributed by atoms with Crippen molar-refractivity contribution < 1.29 is 23.1 Å². The Morgan fingerprint density at radius 1 is 1.06 bits per heavy atom. The highest BCUT2D eigenvalue weighted by Gasteiger charge is 2.41. The summed E-state index contributed by atoms with van der Waals surface area (Å²) in [6, 6.07) is 8.18. The van der Waals surface area contributed by atoms with E-state index in [2.05, 4.69) is 4.98 Å². The molecule has 33 heavy (non-hydrogen) atoms. The monoisotopic (exact) mass is 456 g/mol. The molecule has 3 aromatic rings. The van der Waals surface area contributed by atoms with Gasteiger partial charge in [0.15, 0.2) is 0 Å². The molecule has 1 aliphatic heterocycles. The van der Waals surface area contributed by atoms with Gasteiger partial charge >= 0.3 is 0 Å². The minimum absolute atomic E-state index is 0.0324. The quantitative estimate of drug-likeness (QED) is 0.532. The number of likely N-dealkylation sites (tertiary alicyclic amines) is 1. The number of fused-ring (bicyclic) bond motifs is 1. The summed E-state index contributed by atoms with van der Waals surface area (Å²) in [7, 11) is 0. The van der Waals surface area contributed by atoms with E-state index in [1.807, 2.05) is 4.90 Å². The van der Waals surface area contributed by atoms with E-state index in [-0.39, 0.29) is 41.7 Å². The zero-order valence-electron chi connectivity index (χ0n) is 18.3. The molecule has 2 heterocycles. The maximum Gasteiger partial charge on any atom is 0.225 e. The fourth-order valence-corrected chi connectivity index (χ4v) is 5.54. The summed E-state index contributed by atoms with van der Waals surface area (Å²) in [5.41, 5.74) is 2.34. The van der Waals surface area contributed by atoms with E-state index < -0.39 is 11.6 Å². The zero-order chi connectivity index (χ0) is 23.1. The third-order valence-corrected chi connectivity index (χ3v) is 7.27. The van der Waals surface area contributed by atoms with Gasteiger partial charge in [0.1, 0.15) is 17.5 Å². The van der Waals surface area contributed by atoms with E-state index in [1.54, 1.807) is 12.1 Å². The largest absolute Gasteiger partial charge is 0.396 e. The molecule has 174 valence electrons. The van der Waals surface area contributed by atoms with Gasteiger partial charge in [-0.15, -0.1) is 0 Å². The van der Waals surface area contributed by atoms with Crippen LogP contribution in [-0.4, -0.2) is 40.1 Å². The van der Waals surface area contributed by atoms with Gasteiger partial charge in [0, 0.05) is 36.6 Å². The Labute approximate surface area is 190 Å². The van der Waals surface area contributed by atoms with Crippen LogP contribution in [0, 0.1) is 23.4 Å². The minimum Gasteiger partial charge on any atom is -0.396 e. The highest BCUT2D eigenvalue weighted by atomic mass is 19.1. The molecule has 1 saturated heterocycles. The van der Waals surface area contributed by atoms with Crippen LogP contribution >= 0.6 is 0 Å². The van der Waals surface area contributed by atoms with Crippen molar-refractivity contribution in [3.63, 3.8) is 0 Å². The molecular formula is C26H27F3N2O2. The molecule has 0 bridgehead atoms. The number of nitrogens with one attached hydrogen (secondary N) is 1. The number of benzene rings is 2. The van der Waals surface area contributed by atoms with Crippen LogP contribution in [0.1, 0.15) is 50.0 Å². The van der Waals surface area contributed by atoms with Gasteiger partial charge in [0.25, 0.3) is 0 Å². The number of nitrogens with zero attached hydrogens (tertiary/aromatic N) is 1. The first-order valence-electron chi connectivity index (χ1n) is 11.6. The predicted octanol–water partition coefficient (Wildman–Crippen LogP) is 5.51. The van der Waals surface area contributed by atoms with Crippen LogP contribution in [0.25, 0.3) is 22.2 Å². The Morgan fingerprint density at radius 2 is 1.82 bits per heavy atom. The summed E-state index contributed by atoms with van der Waals surface area (Å²) in [5, 5.41) is 9.84. The Morgan fingerprint density at radius 3 is 2.55 bits per heavy atom. The highest BCUT2D eigenvalue weighted by molar-refractivity contribution is 5.92. The van der Waals surface area contributed by atoms with Crippen molar-refractivity contribution in [3.05, 3.63) is 59.4 Å².